The Kier molecular flexibility index (Phi) is 6.41. The van der Waals surface area contributed by atoms with Gasteiger partial charge < -0.3 is 9.64 Å². The van der Waals surface area contributed by atoms with Crippen molar-refractivity contribution in [1.29, 1.82) is 0 Å². The second-order valence-corrected chi connectivity index (χ2v) is 7.90. The number of benzene rings is 3. The fourth-order valence-corrected chi connectivity index (χ4v) is 4.26. The summed E-state index contributed by atoms with van der Waals surface area (Å²) in [6, 6.07) is 17.3. The molecule has 0 radical (unpaired) electrons. The van der Waals surface area contributed by atoms with Crippen LogP contribution >= 0.6 is 11.8 Å². The maximum absolute atomic E-state index is 14.1. The summed E-state index contributed by atoms with van der Waals surface area (Å²) in [5.74, 6) is -0.122. The van der Waals surface area contributed by atoms with E-state index in [1.807, 2.05) is 40.8 Å². The van der Waals surface area contributed by atoms with Crippen LogP contribution in [0.5, 0.6) is 5.75 Å². The van der Waals surface area contributed by atoms with E-state index in [0.29, 0.717) is 22.4 Å². The number of aromatic nitrogens is 2. The number of hydrogen-bond donors (Lipinski definition) is 0. The van der Waals surface area contributed by atoms with Gasteiger partial charge in [0.1, 0.15) is 29.0 Å². The maximum Gasteiger partial charge on any atom is 0.174 e. The molecule has 8 heteroatoms. The fraction of sp³-hybridized carbons (Fsp3) is 0.125. The SMILES string of the molecule is COc1cccc(N(C)c2cnc(SCc3c(F)cccc3F)n2-c2ccc(F)cc2)c1. The van der Waals surface area contributed by atoms with Crippen LogP contribution in [0.4, 0.5) is 24.7 Å². The number of thioether (sulfide) groups is 1. The number of hydrogen-bond acceptors (Lipinski definition) is 4. The van der Waals surface area contributed by atoms with E-state index in [1.165, 1.54) is 42.1 Å². The van der Waals surface area contributed by atoms with Crippen molar-refractivity contribution in [2.45, 2.75) is 10.9 Å². The van der Waals surface area contributed by atoms with E-state index in [1.54, 1.807) is 25.4 Å². The van der Waals surface area contributed by atoms with Crippen molar-refractivity contribution in [2.24, 2.45) is 0 Å². The molecule has 0 atom stereocenters. The number of imidazole rings is 1. The summed E-state index contributed by atoms with van der Waals surface area (Å²) in [5, 5.41) is 0.518. The van der Waals surface area contributed by atoms with Crippen molar-refractivity contribution in [3.63, 3.8) is 0 Å². The first-order chi connectivity index (χ1) is 15.5. The third-order valence-corrected chi connectivity index (χ3v) is 5.97. The Bertz CT molecular complexity index is 1210. The lowest BCUT2D eigenvalue weighted by atomic mass is 10.2. The van der Waals surface area contributed by atoms with Crippen LogP contribution in [-0.2, 0) is 5.75 Å². The van der Waals surface area contributed by atoms with Crippen LogP contribution in [0.15, 0.2) is 78.1 Å². The molecule has 1 heterocycles. The highest BCUT2D eigenvalue weighted by Gasteiger charge is 2.19. The molecule has 0 aliphatic carbocycles. The lowest BCUT2D eigenvalue weighted by Gasteiger charge is -2.22. The molecule has 164 valence electrons. The molecule has 0 saturated heterocycles. The molecular weight excluding hydrogens is 435 g/mol. The van der Waals surface area contributed by atoms with Crippen LogP contribution in [0, 0.1) is 17.5 Å². The summed E-state index contributed by atoms with van der Waals surface area (Å²) >= 11 is 1.20. The van der Waals surface area contributed by atoms with Crippen molar-refractivity contribution < 1.29 is 17.9 Å². The van der Waals surface area contributed by atoms with Gasteiger partial charge in [0.05, 0.1) is 13.3 Å². The average Bonchev–Trinajstić information content (AvgIpc) is 3.22. The molecule has 4 nitrogen and oxygen atoms in total. The van der Waals surface area contributed by atoms with Gasteiger partial charge >= 0.3 is 0 Å². The summed E-state index contributed by atoms with van der Waals surface area (Å²) < 4.78 is 48.9. The molecule has 0 amide bonds. The van der Waals surface area contributed by atoms with E-state index >= 15 is 0 Å². The van der Waals surface area contributed by atoms with Crippen LogP contribution in [-0.4, -0.2) is 23.7 Å². The van der Waals surface area contributed by atoms with Crippen LogP contribution in [0.1, 0.15) is 5.56 Å². The zero-order valence-electron chi connectivity index (χ0n) is 17.4. The third-order valence-electron chi connectivity index (χ3n) is 4.99. The van der Waals surface area contributed by atoms with E-state index in [0.717, 1.165) is 5.69 Å². The molecule has 0 aliphatic heterocycles. The number of rotatable bonds is 7. The Labute approximate surface area is 188 Å². The second-order valence-electron chi connectivity index (χ2n) is 6.96. The minimum absolute atomic E-state index is 0.0196. The van der Waals surface area contributed by atoms with Gasteiger partial charge in [-0.05, 0) is 48.5 Å². The highest BCUT2D eigenvalue weighted by Crippen LogP contribution is 2.34. The monoisotopic (exact) mass is 455 g/mol. The highest BCUT2D eigenvalue weighted by atomic mass is 32.2. The molecule has 0 spiro atoms. The van der Waals surface area contributed by atoms with E-state index in [4.69, 9.17) is 4.74 Å². The Morgan fingerprint density at radius 2 is 1.66 bits per heavy atom. The first kappa shape index (κ1) is 21.8. The number of nitrogens with zero attached hydrogens (tertiary/aromatic N) is 3. The zero-order chi connectivity index (χ0) is 22.7. The second kappa shape index (κ2) is 9.40. The van der Waals surface area contributed by atoms with Crippen molar-refractivity contribution in [1.82, 2.24) is 9.55 Å². The lowest BCUT2D eigenvalue weighted by Crippen LogP contribution is -2.14. The molecule has 0 saturated carbocycles. The molecule has 0 unspecified atom stereocenters. The maximum atomic E-state index is 14.1. The van der Waals surface area contributed by atoms with Gasteiger partial charge in [-0.3, -0.25) is 4.57 Å². The number of ether oxygens (including phenoxy) is 1. The van der Waals surface area contributed by atoms with Gasteiger partial charge in [-0.1, -0.05) is 23.9 Å². The van der Waals surface area contributed by atoms with Crippen molar-refractivity contribution >= 4 is 23.3 Å². The first-order valence-corrected chi connectivity index (χ1v) is 10.7. The normalized spacial score (nSPS) is 10.9. The van der Waals surface area contributed by atoms with E-state index in [2.05, 4.69) is 4.98 Å². The van der Waals surface area contributed by atoms with Gasteiger partial charge in [-0.2, -0.15) is 0 Å². The molecule has 1 aromatic heterocycles. The van der Waals surface area contributed by atoms with Gasteiger partial charge in [-0.25, -0.2) is 18.2 Å². The average molecular weight is 456 g/mol. The summed E-state index contributed by atoms with van der Waals surface area (Å²) in [5.41, 5.74) is 1.50. The standard InChI is InChI=1S/C24H20F3N3OS/c1-29(18-5-3-6-19(13-18)31-2)23-14-28-24(30(23)17-11-9-16(25)10-12-17)32-15-20-21(26)7-4-8-22(20)27/h3-14H,15H2,1-2H3. The minimum atomic E-state index is -0.605. The van der Waals surface area contributed by atoms with Gasteiger partial charge in [0.15, 0.2) is 5.16 Å². The molecular formula is C24H20F3N3OS. The third kappa shape index (κ3) is 4.45. The molecule has 4 rings (SSSR count). The number of anilines is 2. The van der Waals surface area contributed by atoms with Crippen molar-refractivity contribution in [2.75, 3.05) is 19.1 Å². The van der Waals surface area contributed by atoms with Crippen molar-refractivity contribution in [3.05, 3.63) is 95.9 Å². The predicted octanol–water partition coefficient (Wildman–Crippen LogP) is 6.36. The summed E-state index contributed by atoms with van der Waals surface area (Å²) in [6.07, 6.45) is 1.67. The van der Waals surface area contributed by atoms with E-state index < -0.39 is 11.6 Å². The Hall–Kier alpha value is -3.39. The summed E-state index contributed by atoms with van der Waals surface area (Å²) in [6.45, 7) is 0. The molecule has 0 fully saturated rings. The Balaban J connectivity index is 1.74. The van der Waals surface area contributed by atoms with Crippen LogP contribution in [0.2, 0.25) is 0 Å². The quantitative estimate of drug-likeness (QED) is 0.304. The van der Waals surface area contributed by atoms with Crippen LogP contribution in [0.3, 0.4) is 0 Å². The van der Waals surface area contributed by atoms with E-state index in [9.17, 15) is 13.2 Å². The largest absolute Gasteiger partial charge is 0.497 e. The number of halogens is 3. The smallest absolute Gasteiger partial charge is 0.174 e. The first-order valence-electron chi connectivity index (χ1n) is 9.75. The fourth-order valence-electron chi connectivity index (χ4n) is 3.26. The summed E-state index contributed by atoms with van der Waals surface area (Å²) in [4.78, 5) is 6.40. The van der Waals surface area contributed by atoms with Crippen LogP contribution in [0.25, 0.3) is 5.69 Å². The van der Waals surface area contributed by atoms with E-state index in [-0.39, 0.29) is 17.1 Å². The molecule has 0 aliphatic rings. The van der Waals surface area contributed by atoms with Crippen molar-refractivity contribution in [3.8, 4) is 11.4 Å². The molecule has 3 aromatic carbocycles. The Morgan fingerprint density at radius 1 is 0.969 bits per heavy atom. The van der Waals surface area contributed by atoms with Gasteiger partial charge in [-0.15, -0.1) is 0 Å². The van der Waals surface area contributed by atoms with Gasteiger partial charge in [0.2, 0.25) is 0 Å². The van der Waals surface area contributed by atoms with Crippen LogP contribution < -0.4 is 9.64 Å². The molecule has 0 bridgehead atoms. The summed E-state index contributed by atoms with van der Waals surface area (Å²) in [7, 11) is 3.47. The lowest BCUT2D eigenvalue weighted by molar-refractivity contribution is 0.415. The Morgan fingerprint density at radius 3 is 2.34 bits per heavy atom. The topological polar surface area (TPSA) is 30.3 Å². The van der Waals surface area contributed by atoms with Gasteiger partial charge in [0.25, 0.3) is 0 Å². The molecule has 0 N–H and O–H groups in total. The number of methoxy groups -OCH3 is 1. The highest BCUT2D eigenvalue weighted by molar-refractivity contribution is 7.98. The minimum Gasteiger partial charge on any atom is -0.497 e. The molecule has 4 aromatic rings. The van der Waals surface area contributed by atoms with Gasteiger partial charge in [0, 0.05) is 35.8 Å². The molecule has 32 heavy (non-hydrogen) atoms. The zero-order valence-corrected chi connectivity index (χ0v) is 18.2. The predicted molar refractivity (Wildman–Crippen MR) is 120 cm³/mol.